The highest BCUT2D eigenvalue weighted by atomic mass is 19.4. The molecule has 11 heteroatoms. The number of halogens is 4. The van der Waals surface area contributed by atoms with Gasteiger partial charge in [0.2, 0.25) is 6.73 Å². The van der Waals surface area contributed by atoms with Gasteiger partial charge in [0.05, 0.1) is 11.3 Å². The molecule has 1 unspecified atom stereocenters. The van der Waals surface area contributed by atoms with Crippen molar-refractivity contribution in [3.8, 4) is 11.4 Å². The number of benzene rings is 1. The van der Waals surface area contributed by atoms with Crippen LogP contribution in [0.3, 0.4) is 0 Å². The minimum absolute atomic E-state index is 0.0811. The monoisotopic (exact) mass is 361 g/mol. The molecule has 2 heterocycles. The van der Waals surface area contributed by atoms with Crippen LogP contribution < -0.4 is 21.0 Å². The molecule has 1 N–H and O–H groups in total. The van der Waals surface area contributed by atoms with Crippen molar-refractivity contribution in [1.82, 2.24) is 9.13 Å². The lowest BCUT2D eigenvalue weighted by atomic mass is 10.1. The first kappa shape index (κ1) is 17.2. The fraction of sp³-hybridized carbons (Fsp3) is 0.286. The quantitative estimate of drug-likeness (QED) is 0.570. The van der Waals surface area contributed by atoms with Gasteiger partial charge in [-0.05, 0) is 6.07 Å². The highest BCUT2D eigenvalue weighted by Gasteiger charge is 2.35. The highest BCUT2D eigenvalue weighted by molar-refractivity contribution is 5.45. The molecule has 0 fully saturated rings. The molecule has 2 aromatic rings. The van der Waals surface area contributed by atoms with E-state index in [0.29, 0.717) is 0 Å². The fourth-order valence-corrected chi connectivity index (χ4v) is 2.57. The summed E-state index contributed by atoms with van der Waals surface area (Å²) in [5.41, 5.74) is -4.45. The van der Waals surface area contributed by atoms with Gasteiger partial charge in [-0.3, -0.25) is 9.36 Å². The molecule has 25 heavy (non-hydrogen) atoms. The van der Waals surface area contributed by atoms with E-state index in [2.05, 4.69) is 0 Å². The molecule has 1 aliphatic heterocycles. The molecule has 1 aromatic carbocycles. The third-order valence-corrected chi connectivity index (χ3v) is 3.76. The number of alkyl halides is 3. The number of ether oxygens (including phenoxy) is 1. The molecule has 7 nitrogen and oxygen atoms in total. The Morgan fingerprint density at radius 2 is 1.92 bits per heavy atom. The van der Waals surface area contributed by atoms with E-state index < -0.39 is 34.6 Å². The second kappa shape index (κ2) is 5.70. The Morgan fingerprint density at radius 1 is 1.24 bits per heavy atom. The zero-order chi connectivity index (χ0) is 18.5. The number of nitrogens with one attached hydrogen (secondary N) is 1. The van der Waals surface area contributed by atoms with Crippen molar-refractivity contribution in [2.45, 2.75) is 12.7 Å². The summed E-state index contributed by atoms with van der Waals surface area (Å²) >= 11 is 0. The zero-order valence-electron chi connectivity index (χ0n) is 12.7. The average Bonchev–Trinajstić information content (AvgIpc) is 2.50. The van der Waals surface area contributed by atoms with Crippen LogP contribution in [0.15, 0.2) is 27.8 Å². The Kier molecular flexibility index (Phi) is 3.92. The predicted molar refractivity (Wildman–Crippen MR) is 75.8 cm³/mol. The maximum absolute atomic E-state index is 14.3. The van der Waals surface area contributed by atoms with Crippen LogP contribution in [0.1, 0.15) is 11.3 Å². The van der Waals surface area contributed by atoms with Crippen LogP contribution in [0.4, 0.5) is 17.6 Å². The Morgan fingerprint density at radius 3 is 2.56 bits per heavy atom. The Balaban J connectivity index is 2.25. The van der Waals surface area contributed by atoms with E-state index in [-0.39, 0.29) is 44.9 Å². The van der Waals surface area contributed by atoms with Gasteiger partial charge in [-0.15, -0.1) is 0 Å². The van der Waals surface area contributed by atoms with Crippen molar-refractivity contribution in [1.29, 1.82) is 0 Å². The van der Waals surface area contributed by atoms with Crippen LogP contribution in [0.5, 0.6) is 5.75 Å². The first-order valence-electron chi connectivity index (χ1n) is 6.97. The SMILES string of the molecule is Cn1c(C(F)(F)F)cc(=O)n(-c2cc3c(cc2F)OC[NH+]([O-])C3)c1=O. The van der Waals surface area contributed by atoms with Crippen LogP contribution in [-0.2, 0) is 19.8 Å². The number of aromatic nitrogens is 2. The summed E-state index contributed by atoms with van der Waals surface area (Å²) in [6.45, 7) is -0.327. The number of quaternary nitrogens is 1. The number of fused-ring (bicyclic) bond motifs is 1. The summed E-state index contributed by atoms with van der Waals surface area (Å²) in [6, 6.07) is 2.15. The zero-order valence-corrected chi connectivity index (χ0v) is 12.7. The largest absolute Gasteiger partial charge is 0.632 e. The molecule has 3 rings (SSSR count). The van der Waals surface area contributed by atoms with Crippen molar-refractivity contribution >= 4 is 0 Å². The molecule has 1 aromatic heterocycles. The van der Waals surface area contributed by atoms with Gasteiger partial charge in [0.1, 0.15) is 18.0 Å². The average molecular weight is 361 g/mol. The first-order chi connectivity index (χ1) is 11.6. The van der Waals surface area contributed by atoms with E-state index in [4.69, 9.17) is 4.74 Å². The first-order valence-corrected chi connectivity index (χ1v) is 6.97. The summed E-state index contributed by atoms with van der Waals surface area (Å²) in [5, 5.41) is 11.1. The lowest BCUT2D eigenvalue weighted by molar-refractivity contribution is -0.883. The molecular weight excluding hydrogens is 350 g/mol. The van der Waals surface area contributed by atoms with E-state index in [1.165, 1.54) is 0 Å². The minimum atomic E-state index is -4.92. The van der Waals surface area contributed by atoms with Gasteiger partial charge in [0.15, 0.2) is 5.82 Å². The molecule has 0 saturated carbocycles. The predicted octanol–water partition coefficient (Wildman–Crippen LogP) is -0.0733. The van der Waals surface area contributed by atoms with E-state index in [9.17, 15) is 32.4 Å². The fourth-order valence-electron chi connectivity index (χ4n) is 2.57. The van der Waals surface area contributed by atoms with Crippen LogP contribution in [-0.4, -0.2) is 15.9 Å². The second-order valence-electron chi connectivity index (χ2n) is 5.46. The van der Waals surface area contributed by atoms with Gasteiger partial charge in [0.25, 0.3) is 5.56 Å². The van der Waals surface area contributed by atoms with Gasteiger partial charge >= 0.3 is 11.9 Å². The van der Waals surface area contributed by atoms with Crippen molar-refractivity contribution < 1.29 is 27.4 Å². The van der Waals surface area contributed by atoms with Crippen molar-refractivity contribution in [3.63, 3.8) is 0 Å². The molecular formula is C14H11F4N3O4. The molecule has 0 spiro atoms. The lowest BCUT2D eigenvalue weighted by Crippen LogP contribution is -3.07. The van der Waals surface area contributed by atoms with E-state index in [0.717, 1.165) is 19.2 Å². The van der Waals surface area contributed by atoms with Crippen molar-refractivity contribution in [2.24, 2.45) is 7.05 Å². The van der Waals surface area contributed by atoms with Crippen molar-refractivity contribution in [3.05, 3.63) is 61.3 Å². The van der Waals surface area contributed by atoms with Gasteiger partial charge in [-0.25, -0.2) is 13.8 Å². The normalized spacial score (nSPS) is 17.1. The lowest BCUT2D eigenvalue weighted by Gasteiger charge is -2.28. The molecule has 0 aliphatic carbocycles. The third kappa shape index (κ3) is 2.91. The van der Waals surface area contributed by atoms with Gasteiger partial charge in [-0.2, -0.15) is 13.2 Å². The Hall–Kier alpha value is -2.66. The molecule has 1 aliphatic rings. The molecule has 1 atom stereocenters. The van der Waals surface area contributed by atoms with E-state index in [1.54, 1.807) is 0 Å². The molecule has 134 valence electrons. The smallest absolute Gasteiger partial charge is 0.431 e. The topological polar surface area (TPSA) is 80.7 Å². The Bertz CT molecular complexity index is 964. The maximum Gasteiger partial charge on any atom is 0.431 e. The van der Waals surface area contributed by atoms with Gasteiger partial charge < -0.3 is 15.0 Å². The minimum Gasteiger partial charge on any atom is -0.632 e. The summed E-state index contributed by atoms with van der Waals surface area (Å²) in [4.78, 5) is 24.2. The molecule has 0 amide bonds. The van der Waals surface area contributed by atoms with Gasteiger partial charge in [0, 0.05) is 19.2 Å². The molecule has 0 bridgehead atoms. The number of hydroxylamine groups is 2. The standard InChI is InChI=1S/C14H11F4N3O4/c1-19-11(14(16,17)18)4-12(22)21(13(19)23)9-2-7-5-20(24)6-25-10(7)3-8(9)15/h2-4,20H,5-6H2,1H3. The van der Waals surface area contributed by atoms with Crippen LogP contribution in [0.25, 0.3) is 5.69 Å². The number of nitrogens with zero attached hydrogens (tertiary/aromatic N) is 2. The van der Waals surface area contributed by atoms with Crippen LogP contribution >= 0.6 is 0 Å². The molecule has 0 radical (unpaired) electrons. The van der Waals surface area contributed by atoms with Crippen LogP contribution in [0, 0.1) is 11.0 Å². The van der Waals surface area contributed by atoms with Crippen LogP contribution in [0.2, 0.25) is 0 Å². The summed E-state index contributed by atoms with van der Waals surface area (Å²) < 4.78 is 58.4. The highest BCUT2D eigenvalue weighted by Crippen LogP contribution is 2.28. The summed E-state index contributed by atoms with van der Waals surface area (Å²) in [6.07, 6.45) is -4.92. The number of hydrogen-bond donors (Lipinski definition) is 1. The Labute approximate surface area is 136 Å². The number of rotatable bonds is 1. The summed E-state index contributed by atoms with van der Waals surface area (Å²) in [7, 11) is 0.823. The van der Waals surface area contributed by atoms with Crippen molar-refractivity contribution in [2.75, 3.05) is 6.73 Å². The second-order valence-corrected chi connectivity index (χ2v) is 5.46. The third-order valence-electron chi connectivity index (χ3n) is 3.76. The van der Waals surface area contributed by atoms with E-state index >= 15 is 0 Å². The number of hydrogen-bond acceptors (Lipinski definition) is 4. The van der Waals surface area contributed by atoms with E-state index in [1.807, 2.05) is 0 Å². The maximum atomic E-state index is 14.3. The molecule has 0 saturated heterocycles. The summed E-state index contributed by atoms with van der Waals surface area (Å²) in [5.74, 6) is -0.954. The van der Waals surface area contributed by atoms with Gasteiger partial charge in [-0.1, -0.05) is 0 Å².